The average molecular weight is 468 g/mol. The van der Waals surface area contributed by atoms with Crippen LogP contribution in [0.15, 0.2) is 12.1 Å². The van der Waals surface area contributed by atoms with Crippen LogP contribution in [0.3, 0.4) is 0 Å². The maximum atomic E-state index is 14.0. The minimum Gasteiger partial charge on any atom is -0.478 e. The van der Waals surface area contributed by atoms with Crippen molar-refractivity contribution in [3.8, 4) is 5.75 Å². The van der Waals surface area contributed by atoms with Gasteiger partial charge in [-0.05, 0) is 30.5 Å². The highest BCUT2D eigenvalue weighted by atomic mass is 19.4. The molecule has 1 aromatic carbocycles. The third-order valence-corrected chi connectivity index (χ3v) is 5.44. The second-order valence-corrected chi connectivity index (χ2v) is 8.23. The zero-order valence-electron chi connectivity index (χ0n) is 18.0. The van der Waals surface area contributed by atoms with Gasteiger partial charge >= 0.3 is 6.18 Å². The molecule has 10 heteroatoms. The number of aryl methyl sites for hydroxylation is 1. The molecule has 0 radical (unpaired) electrons. The lowest BCUT2D eigenvalue weighted by Crippen LogP contribution is -2.44. The summed E-state index contributed by atoms with van der Waals surface area (Å²) in [5, 5.41) is 0. The summed E-state index contributed by atoms with van der Waals surface area (Å²) in [4.78, 5) is 0. The van der Waals surface area contributed by atoms with E-state index >= 15 is 0 Å². The van der Waals surface area contributed by atoms with E-state index in [9.17, 15) is 22.0 Å². The summed E-state index contributed by atoms with van der Waals surface area (Å²) in [5.41, 5.74) is 0.269. The Bertz CT molecular complexity index is 690. The van der Waals surface area contributed by atoms with Gasteiger partial charge in [-0.2, -0.15) is 13.2 Å². The molecule has 0 N–H and O–H groups in total. The molecule has 32 heavy (non-hydrogen) atoms. The van der Waals surface area contributed by atoms with E-state index in [1.165, 1.54) is 0 Å². The number of unbranched alkanes of at least 4 members (excludes halogenated alkanes) is 1. The number of halogens is 5. The van der Waals surface area contributed by atoms with E-state index in [4.69, 9.17) is 18.9 Å². The van der Waals surface area contributed by atoms with Crippen molar-refractivity contribution in [3.05, 3.63) is 29.3 Å². The Hall–Kier alpha value is -1.49. The summed E-state index contributed by atoms with van der Waals surface area (Å²) in [6, 6.07) is 1.91. The van der Waals surface area contributed by atoms with Crippen molar-refractivity contribution in [2.75, 3.05) is 33.0 Å². The number of rotatable bonds is 9. The molecule has 0 saturated carbocycles. The Labute approximate surface area is 184 Å². The zero-order valence-corrected chi connectivity index (χ0v) is 18.0. The van der Waals surface area contributed by atoms with Gasteiger partial charge in [-0.15, -0.1) is 0 Å². The molecule has 0 spiro atoms. The third kappa shape index (κ3) is 7.54. The Balaban J connectivity index is 1.40. The van der Waals surface area contributed by atoms with Gasteiger partial charge in [-0.3, -0.25) is 0 Å². The molecule has 2 heterocycles. The van der Waals surface area contributed by atoms with Gasteiger partial charge in [0.25, 0.3) is 0 Å². The van der Waals surface area contributed by atoms with Crippen molar-refractivity contribution < 1.29 is 45.6 Å². The standard InChI is InChI=1S/C22H29F5O5/c1-2-3-4-15-9-30-21(31-10-15)16-11-28-19(29-12-16)6-5-14-7-17(23)20(18(24)8-14)32-13-22(25,26)27/h7-8,15-16,19,21H,2-6,9-13H2,1H3/t15-,16-,19-,21-. The molecule has 0 unspecified atom stereocenters. The Morgan fingerprint density at radius 2 is 1.56 bits per heavy atom. The second kappa shape index (κ2) is 11.6. The molecule has 2 fully saturated rings. The van der Waals surface area contributed by atoms with Crippen LogP contribution >= 0.6 is 0 Å². The van der Waals surface area contributed by atoms with E-state index in [1.807, 2.05) is 0 Å². The Morgan fingerprint density at radius 3 is 2.12 bits per heavy atom. The summed E-state index contributed by atoms with van der Waals surface area (Å²) in [6.07, 6.45) is -1.69. The maximum absolute atomic E-state index is 14.0. The molecule has 0 bridgehead atoms. The van der Waals surface area contributed by atoms with Crippen LogP contribution in [-0.4, -0.2) is 51.8 Å². The van der Waals surface area contributed by atoms with Crippen LogP contribution in [0.25, 0.3) is 0 Å². The minimum atomic E-state index is -4.68. The predicted molar refractivity (Wildman–Crippen MR) is 104 cm³/mol. The topological polar surface area (TPSA) is 46.2 Å². The van der Waals surface area contributed by atoms with E-state index < -0.39 is 36.5 Å². The fraction of sp³-hybridized carbons (Fsp3) is 0.727. The van der Waals surface area contributed by atoms with Crippen molar-refractivity contribution in [1.82, 2.24) is 0 Å². The molecular formula is C22H29F5O5. The Morgan fingerprint density at radius 1 is 0.938 bits per heavy atom. The van der Waals surface area contributed by atoms with Crippen molar-refractivity contribution in [2.24, 2.45) is 11.8 Å². The maximum Gasteiger partial charge on any atom is 0.422 e. The average Bonchev–Trinajstić information content (AvgIpc) is 2.76. The summed E-state index contributed by atoms with van der Waals surface area (Å²) >= 11 is 0. The Kier molecular flexibility index (Phi) is 9.10. The highest BCUT2D eigenvalue weighted by Gasteiger charge is 2.34. The number of hydrogen-bond acceptors (Lipinski definition) is 5. The van der Waals surface area contributed by atoms with Gasteiger partial charge in [-0.25, -0.2) is 8.78 Å². The summed E-state index contributed by atoms with van der Waals surface area (Å²) in [6.45, 7) is 2.45. The first-order valence-corrected chi connectivity index (χ1v) is 10.9. The van der Waals surface area contributed by atoms with E-state index in [2.05, 4.69) is 11.7 Å². The van der Waals surface area contributed by atoms with Crippen LogP contribution in [0.4, 0.5) is 22.0 Å². The van der Waals surface area contributed by atoms with Crippen molar-refractivity contribution in [1.29, 1.82) is 0 Å². The lowest BCUT2D eigenvalue weighted by molar-refractivity contribution is -0.281. The zero-order chi connectivity index (χ0) is 23.1. The molecule has 1 aromatic rings. The molecule has 5 nitrogen and oxygen atoms in total. The molecule has 182 valence electrons. The normalized spacial score (nSPS) is 26.8. The van der Waals surface area contributed by atoms with Gasteiger partial charge in [0.2, 0.25) is 0 Å². The van der Waals surface area contributed by atoms with Crippen LogP contribution in [-0.2, 0) is 25.4 Å². The number of alkyl halides is 3. The van der Waals surface area contributed by atoms with Gasteiger partial charge in [0, 0.05) is 12.3 Å². The molecule has 2 aliphatic rings. The highest BCUT2D eigenvalue weighted by Crippen LogP contribution is 2.28. The van der Waals surface area contributed by atoms with Gasteiger partial charge in [-0.1, -0.05) is 19.8 Å². The van der Waals surface area contributed by atoms with Crippen LogP contribution in [0.5, 0.6) is 5.75 Å². The summed E-state index contributed by atoms with van der Waals surface area (Å²) in [7, 11) is 0. The second-order valence-electron chi connectivity index (χ2n) is 8.23. The van der Waals surface area contributed by atoms with Crippen LogP contribution < -0.4 is 4.74 Å². The van der Waals surface area contributed by atoms with Gasteiger partial charge < -0.3 is 23.7 Å². The molecule has 0 amide bonds. The lowest BCUT2D eigenvalue weighted by Gasteiger charge is -2.37. The van der Waals surface area contributed by atoms with E-state index in [0.717, 1.165) is 31.4 Å². The first-order valence-electron chi connectivity index (χ1n) is 10.9. The first-order chi connectivity index (χ1) is 15.2. The third-order valence-electron chi connectivity index (χ3n) is 5.44. The van der Waals surface area contributed by atoms with Gasteiger partial charge in [0.15, 0.2) is 36.6 Å². The molecular weight excluding hydrogens is 439 g/mol. The van der Waals surface area contributed by atoms with Gasteiger partial charge in [0.1, 0.15) is 0 Å². The lowest BCUT2D eigenvalue weighted by atomic mass is 10.0. The molecule has 2 saturated heterocycles. The minimum absolute atomic E-state index is 0.0571. The monoisotopic (exact) mass is 468 g/mol. The number of ether oxygens (including phenoxy) is 5. The van der Waals surface area contributed by atoms with Gasteiger partial charge in [0.05, 0.1) is 32.3 Å². The smallest absolute Gasteiger partial charge is 0.422 e. The van der Waals surface area contributed by atoms with Crippen LogP contribution in [0.2, 0.25) is 0 Å². The largest absolute Gasteiger partial charge is 0.478 e. The number of benzene rings is 1. The molecule has 0 aliphatic carbocycles. The summed E-state index contributed by atoms with van der Waals surface area (Å²) < 4.78 is 91.9. The fourth-order valence-electron chi connectivity index (χ4n) is 3.70. The van der Waals surface area contributed by atoms with Crippen molar-refractivity contribution in [3.63, 3.8) is 0 Å². The number of hydrogen-bond donors (Lipinski definition) is 0. The summed E-state index contributed by atoms with van der Waals surface area (Å²) in [5.74, 6) is -3.05. The van der Waals surface area contributed by atoms with Crippen LogP contribution in [0, 0.1) is 23.5 Å². The molecule has 0 atom stereocenters. The van der Waals surface area contributed by atoms with Crippen molar-refractivity contribution in [2.45, 2.75) is 57.8 Å². The van der Waals surface area contributed by atoms with E-state index in [0.29, 0.717) is 38.8 Å². The molecule has 0 aromatic heterocycles. The first kappa shape index (κ1) is 25.1. The SMILES string of the molecule is CCCC[C@H]1CO[C@H]([C@H]2CO[C@H](CCc3cc(F)c(OCC(F)(F)F)c(F)c3)OC2)OC1. The van der Waals surface area contributed by atoms with Crippen molar-refractivity contribution >= 4 is 0 Å². The van der Waals surface area contributed by atoms with E-state index in [1.54, 1.807) is 0 Å². The quantitative estimate of drug-likeness (QED) is 0.477. The van der Waals surface area contributed by atoms with E-state index in [-0.39, 0.29) is 24.2 Å². The van der Waals surface area contributed by atoms with Crippen LogP contribution in [0.1, 0.15) is 38.2 Å². The molecule has 2 aliphatic heterocycles. The fourth-order valence-corrected chi connectivity index (χ4v) is 3.70. The highest BCUT2D eigenvalue weighted by molar-refractivity contribution is 5.31. The molecule has 3 rings (SSSR count). The predicted octanol–water partition coefficient (Wildman–Crippen LogP) is 5.01.